The van der Waals surface area contributed by atoms with Crippen LogP contribution in [0.5, 0.6) is 0 Å². The summed E-state index contributed by atoms with van der Waals surface area (Å²) in [5, 5.41) is 0. The zero-order valence-electron chi connectivity index (χ0n) is 9.95. The van der Waals surface area contributed by atoms with Crippen LogP contribution >= 0.6 is 0 Å². The summed E-state index contributed by atoms with van der Waals surface area (Å²) < 4.78 is 2.21. The zero-order valence-corrected chi connectivity index (χ0v) is 9.95. The molecule has 0 aromatic carbocycles. The second-order valence-electron chi connectivity index (χ2n) is 4.68. The molecule has 2 heterocycles. The summed E-state index contributed by atoms with van der Waals surface area (Å²) in [5.74, 6) is 0. The number of aryl methyl sites for hydroxylation is 2. The van der Waals surface area contributed by atoms with Crippen LogP contribution in [0.1, 0.15) is 24.2 Å². The molecule has 1 aromatic heterocycles. The molecule has 1 aliphatic rings. The lowest BCUT2D eigenvalue weighted by Gasteiger charge is -2.32. The number of nitrogens with zero attached hydrogens (tertiary/aromatic N) is 2. The van der Waals surface area contributed by atoms with E-state index < -0.39 is 0 Å². The van der Waals surface area contributed by atoms with Crippen molar-refractivity contribution >= 4 is 0 Å². The van der Waals surface area contributed by atoms with Crippen molar-refractivity contribution in [2.75, 3.05) is 25.6 Å². The average molecular weight is 207 g/mol. The van der Waals surface area contributed by atoms with Gasteiger partial charge in [-0.1, -0.05) is 0 Å². The summed E-state index contributed by atoms with van der Waals surface area (Å²) in [6, 6.07) is 4.91. The SMILES string of the molecule is Cc1ccc(C)n1NC1CCCN(C)C1. The number of hydrogen-bond donors (Lipinski definition) is 1. The third-order valence-electron chi connectivity index (χ3n) is 3.21. The highest BCUT2D eigenvalue weighted by atomic mass is 15.4. The van der Waals surface area contributed by atoms with E-state index >= 15 is 0 Å². The highest BCUT2D eigenvalue weighted by Crippen LogP contribution is 2.11. The maximum Gasteiger partial charge on any atom is 0.0551 e. The van der Waals surface area contributed by atoms with E-state index in [2.05, 4.69) is 48.0 Å². The molecule has 3 nitrogen and oxygen atoms in total. The fourth-order valence-corrected chi connectivity index (χ4v) is 2.33. The van der Waals surface area contributed by atoms with Gasteiger partial charge in [-0.05, 0) is 52.4 Å². The Morgan fingerprint density at radius 1 is 1.27 bits per heavy atom. The minimum atomic E-state index is 0.591. The molecule has 0 radical (unpaired) electrons. The number of nitrogens with one attached hydrogen (secondary N) is 1. The Morgan fingerprint density at radius 2 is 1.93 bits per heavy atom. The number of rotatable bonds is 2. The topological polar surface area (TPSA) is 20.2 Å². The van der Waals surface area contributed by atoms with E-state index in [0.29, 0.717) is 6.04 Å². The van der Waals surface area contributed by atoms with Gasteiger partial charge >= 0.3 is 0 Å². The summed E-state index contributed by atoms with van der Waals surface area (Å²) in [6.45, 7) is 6.68. The first-order valence-electron chi connectivity index (χ1n) is 5.77. The summed E-state index contributed by atoms with van der Waals surface area (Å²) in [5.41, 5.74) is 6.19. The van der Waals surface area contributed by atoms with Gasteiger partial charge in [0.1, 0.15) is 0 Å². The molecule has 84 valence electrons. The first kappa shape index (κ1) is 10.6. The lowest BCUT2D eigenvalue weighted by atomic mass is 10.1. The second kappa shape index (κ2) is 4.27. The largest absolute Gasteiger partial charge is 0.322 e. The molecular weight excluding hydrogens is 186 g/mol. The predicted molar refractivity (Wildman–Crippen MR) is 63.8 cm³/mol. The van der Waals surface area contributed by atoms with E-state index in [1.807, 2.05) is 0 Å². The number of piperidine rings is 1. The third kappa shape index (κ3) is 2.34. The van der Waals surface area contributed by atoms with Crippen molar-refractivity contribution in [2.24, 2.45) is 0 Å². The minimum Gasteiger partial charge on any atom is -0.322 e. The van der Waals surface area contributed by atoms with Crippen LogP contribution in [-0.4, -0.2) is 35.8 Å². The molecule has 0 saturated carbocycles. The maximum atomic E-state index is 3.60. The van der Waals surface area contributed by atoms with E-state index in [1.165, 1.54) is 30.8 Å². The number of hydrogen-bond acceptors (Lipinski definition) is 2. The molecular formula is C12H21N3. The van der Waals surface area contributed by atoms with Gasteiger partial charge in [-0.3, -0.25) is 4.68 Å². The van der Waals surface area contributed by atoms with E-state index in [1.54, 1.807) is 0 Å². The van der Waals surface area contributed by atoms with Gasteiger partial charge in [0, 0.05) is 17.9 Å². The van der Waals surface area contributed by atoms with Crippen LogP contribution in [0.3, 0.4) is 0 Å². The van der Waals surface area contributed by atoms with Gasteiger partial charge in [0.25, 0.3) is 0 Å². The monoisotopic (exact) mass is 207 g/mol. The zero-order chi connectivity index (χ0) is 10.8. The normalized spacial score (nSPS) is 23.0. The molecule has 1 unspecified atom stereocenters. The van der Waals surface area contributed by atoms with Gasteiger partial charge in [-0.2, -0.15) is 0 Å². The Morgan fingerprint density at radius 3 is 2.53 bits per heavy atom. The smallest absolute Gasteiger partial charge is 0.0551 e. The van der Waals surface area contributed by atoms with Crippen molar-refractivity contribution in [2.45, 2.75) is 32.7 Å². The molecule has 1 atom stereocenters. The van der Waals surface area contributed by atoms with Gasteiger partial charge in [0.05, 0.1) is 6.04 Å². The van der Waals surface area contributed by atoms with Gasteiger partial charge < -0.3 is 10.3 Å². The van der Waals surface area contributed by atoms with Crippen molar-refractivity contribution in [3.63, 3.8) is 0 Å². The van der Waals surface area contributed by atoms with Gasteiger partial charge in [0.2, 0.25) is 0 Å². The van der Waals surface area contributed by atoms with Gasteiger partial charge in [-0.25, -0.2) is 0 Å². The van der Waals surface area contributed by atoms with Crippen LogP contribution < -0.4 is 5.43 Å². The molecule has 1 fully saturated rings. The van der Waals surface area contributed by atoms with Crippen LogP contribution in [0.2, 0.25) is 0 Å². The van der Waals surface area contributed by atoms with Crippen molar-refractivity contribution in [1.82, 2.24) is 9.58 Å². The highest BCUT2D eigenvalue weighted by Gasteiger charge is 2.17. The molecule has 15 heavy (non-hydrogen) atoms. The number of likely N-dealkylation sites (N-methyl/N-ethyl adjacent to an activating group) is 1. The molecule has 0 bridgehead atoms. The van der Waals surface area contributed by atoms with E-state index in [9.17, 15) is 0 Å². The fourth-order valence-electron chi connectivity index (χ4n) is 2.33. The Balaban J connectivity index is 2.02. The van der Waals surface area contributed by atoms with Crippen LogP contribution in [-0.2, 0) is 0 Å². The molecule has 2 rings (SSSR count). The quantitative estimate of drug-likeness (QED) is 0.797. The van der Waals surface area contributed by atoms with Crippen molar-refractivity contribution in [1.29, 1.82) is 0 Å². The fraction of sp³-hybridized carbons (Fsp3) is 0.667. The maximum absolute atomic E-state index is 3.60. The van der Waals surface area contributed by atoms with Crippen LogP contribution in [0.4, 0.5) is 0 Å². The van der Waals surface area contributed by atoms with Gasteiger partial charge in [0.15, 0.2) is 0 Å². The van der Waals surface area contributed by atoms with Gasteiger partial charge in [-0.15, -0.1) is 0 Å². The average Bonchev–Trinajstić information content (AvgIpc) is 2.50. The molecule has 1 saturated heterocycles. The van der Waals surface area contributed by atoms with Crippen LogP contribution in [0.15, 0.2) is 12.1 Å². The second-order valence-corrected chi connectivity index (χ2v) is 4.68. The van der Waals surface area contributed by atoms with Crippen LogP contribution in [0.25, 0.3) is 0 Å². The minimum absolute atomic E-state index is 0.591. The van der Waals surface area contributed by atoms with E-state index in [-0.39, 0.29) is 0 Å². The molecule has 0 spiro atoms. The molecule has 0 aliphatic carbocycles. The highest BCUT2D eigenvalue weighted by molar-refractivity contribution is 5.16. The number of aromatic nitrogens is 1. The Bertz CT molecular complexity index is 310. The summed E-state index contributed by atoms with van der Waals surface area (Å²) in [7, 11) is 2.20. The lowest BCUT2D eigenvalue weighted by molar-refractivity contribution is 0.253. The number of likely N-dealkylation sites (tertiary alicyclic amines) is 1. The first-order valence-corrected chi connectivity index (χ1v) is 5.77. The Hall–Kier alpha value is -0.960. The molecule has 1 aromatic rings. The standard InChI is InChI=1S/C12H21N3/c1-10-6-7-11(2)15(10)13-12-5-4-8-14(3)9-12/h6-7,12-13H,4-5,8-9H2,1-3H3. The Labute approximate surface area is 92.0 Å². The molecule has 0 amide bonds. The first-order chi connectivity index (χ1) is 7.16. The Kier molecular flexibility index (Phi) is 3.00. The summed E-state index contributed by atoms with van der Waals surface area (Å²) >= 11 is 0. The van der Waals surface area contributed by atoms with Crippen molar-refractivity contribution in [3.8, 4) is 0 Å². The molecule has 1 aliphatic heterocycles. The predicted octanol–water partition coefficient (Wildman–Crippen LogP) is 1.74. The van der Waals surface area contributed by atoms with Crippen molar-refractivity contribution in [3.05, 3.63) is 23.5 Å². The van der Waals surface area contributed by atoms with Crippen LogP contribution in [0, 0.1) is 13.8 Å². The third-order valence-corrected chi connectivity index (χ3v) is 3.21. The van der Waals surface area contributed by atoms with E-state index in [4.69, 9.17) is 0 Å². The lowest BCUT2D eigenvalue weighted by Crippen LogP contribution is -2.43. The van der Waals surface area contributed by atoms with Crippen molar-refractivity contribution < 1.29 is 0 Å². The van der Waals surface area contributed by atoms with E-state index in [0.717, 1.165) is 6.54 Å². The summed E-state index contributed by atoms with van der Waals surface area (Å²) in [4.78, 5) is 2.40. The molecule has 3 heteroatoms. The molecule has 1 N–H and O–H groups in total. The summed E-state index contributed by atoms with van der Waals surface area (Å²) in [6.07, 6.45) is 2.58.